The molecule has 0 bridgehead atoms. The lowest BCUT2D eigenvalue weighted by atomic mass is 10.0. The molecule has 18 heavy (non-hydrogen) atoms. The molecule has 0 aliphatic carbocycles. The maximum absolute atomic E-state index is 3.74. The molecule has 0 aliphatic rings. The zero-order chi connectivity index (χ0) is 12.8. The van der Waals surface area contributed by atoms with E-state index < -0.39 is 0 Å². The number of hydrogen-bond donors (Lipinski definition) is 0. The summed E-state index contributed by atoms with van der Waals surface area (Å²) in [5, 5.41) is 0. The van der Waals surface area contributed by atoms with Gasteiger partial charge < -0.3 is 0 Å². The van der Waals surface area contributed by atoms with Crippen LogP contribution in [0, 0.1) is 0 Å². The van der Waals surface area contributed by atoms with E-state index in [4.69, 9.17) is 0 Å². The molecular weight excluding hydrogens is 284 g/mol. The fraction of sp³-hybridized carbons (Fsp3) is 0.294. The maximum atomic E-state index is 3.74. The molecule has 0 saturated heterocycles. The summed E-state index contributed by atoms with van der Waals surface area (Å²) in [5.74, 6) is 0. The van der Waals surface area contributed by atoms with Crippen molar-refractivity contribution in [3.8, 4) is 0 Å². The van der Waals surface area contributed by atoms with Crippen molar-refractivity contribution < 1.29 is 0 Å². The number of halogens is 1. The highest BCUT2D eigenvalue weighted by Crippen LogP contribution is 2.27. The molecule has 0 heterocycles. The van der Waals surface area contributed by atoms with Gasteiger partial charge in [0.1, 0.15) is 0 Å². The highest BCUT2D eigenvalue weighted by atomic mass is 79.9. The minimum atomic E-state index is 0.494. The van der Waals surface area contributed by atoms with E-state index in [1.165, 1.54) is 29.5 Å². The molecule has 0 fully saturated rings. The molecule has 94 valence electrons. The summed E-state index contributed by atoms with van der Waals surface area (Å²) < 4.78 is 0. The molecule has 0 aromatic heterocycles. The van der Waals surface area contributed by atoms with Gasteiger partial charge in [0.05, 0.1) is 0 Å². The Kier molecular flexibility index (Phi) is 5.00. The Balaban J connectivity index is 2.04. The Labute approximate surface area is 118 Å². The van der Waals surface area contributed by atoms with Crippen LogP contribution >= 0.6 is 15.9 Å². The monoisotopic (exact) mass is 302 g/mol. The molecule has 1 atom stereocenters. The van der Waals surface area contributed by atoms with E-state index >= 15 is 0 Å². The fourth-order valence-corrected chi connectivity index (χ4v) is 2.86. The van der Waals surface area contributed by atoms with Crippen molar-refractivity contribution in [3.05, 3.63) is 71.3 Å². The lowest BCUT2D eigenvalue weighted by Gasteiger charge is -2.09. The Bertz CT molecular complexity index is 459. The van der Waals surface area contributed by atoms with Crippen LogP contribution in [0.25, 0.3) is 0 Å². The molecule has 0 nitrogen and oxygen atoms in total. The second-order valence-corrected chi connectivity index (χ2v) is 5.77. The molecule has 2 rings (SSSR count). The van der Waals surface area contributed by atoms with E-state index in [1.54, 1.807) is 0 Å². The quantitative estimate of drug-likeness (QED) is 0.639. The second-order valence-electron chi connectivity index (χ2n) is 4.66. The summed E-state index contributed by atoms with van der Waals surface area (Å²) in [6.45, 7) is 2.22. The van der Waals surface area contributed by atoms with Crippen molar-refractivity contribution in [2.75, 3.05) is 0 Å². The lowest BCUT2D eigenvalue weighted by Crippen LogP contribution is -1.92. The van der Waals surface area contributed by atoms with Gasteiger partial charge in [0.15, 0.2) is 0 Å². The first-order chi connectivity index (χ1) is 8.79. The molecule has 0 amide bonds. The number of benzene rings is 2. The van der Waals surface area contributed by atoms with Gasteiger partial charge in [-0.05, 0) is 29.5 Å². The van der Waals surface area contributed by atoms with E-state index in [-0.39, 0.29) is 0 Å². The van der Waals surface area contributed by atoms with Gasteiger partial charge in [-0.2, -0.15) is 0 Å². The molecule has 1 heteroatoms. The first-order valence-corrected chi connectivity index (χ1v) is 7.48. The lowest BCUT2D eigenvalue weighted by molar-refractivity contribution is 0.788. The Hall–Kier alpha value is -1.08. The third kappa shape index (κ3) is 3.71. The predicted molar refractivity (Wildman–Crippen MR) is 82.3 cm³/mol. The van der Waals surface area contributed by atoms with Gasteiger partial charge in [-0.1, -0.05) is 83.9 Å². The Morgan fingerprint density at radius 2 is 1.50 bits per heavy atom. The maximum Gasteiger partial charge on any atom is 0.0395 e. The van der Waals surface area contributed by atoms with Crippen LogP contribution in [0.5, 0.6) is 0 Å². The van der Waals surface area contributed by atoms with Crippen molar-refractivity contribution >= 4 is 15.9 Å². The zero-order valence-electron chi connectivity index (χ0n) is 10.8. The molecule has 2 aromatic carbocycles. The van der Waals surface area contributed by atoms with Gasteiger partial charge in [-0.3, -0.25) is 0 Å². The van der Waals surface area contributed by atoms with Gasteiger partial charge >= 0.3 is 0 Å². The summed E-state index contributed by atoms with van der Waals surface area (Å²) in [4.78, 5) is 0.494. The highest BCUT2D eigenvalue weighted by molar-refractivity contribution is 9.09. The molecule has 0 radical (unpaired) electrons. The number of hydrogen-bond acceptors (Lipinski definition) is 0. The van der Waals surface area contributed by atoms with Gasteiger partial charge in [0, 0.05) is 4.83 Å². The van der Waals surface area contributed by atoms with Crippen LogP contribution < -0.4 is 0 Å². The SMILES string of the molecule is CCCC(Br)c1ccc(Cc2ccccc2)cc1. The summed E-state index contributed by atoms with van der Waals surface area (Å²) >= 11 is 3.74. The summed E-state index contributed by atoms with van der Waals surface area (Å²) in [6, 6.07) is 19.6. The van der Waals surface area contributed by atoms with Crippen molar-refractivity contribution in [2.45, 2.75) is 31.0 Å². The third-order valence-electron chi connectivity index (χ3n) is 3.13. The van der Waals surface area contributed by atoms with E-state index in [0.29, 0.717) is 4.83 Å². The standard InChI is InChI=1S/C17H19Br/c1-2-6-17(18)16-11-9-15(10-12-16)13-14-7-4-3-5-8-14/h3-5,7-12,17H,2,6,13H2,1H3. The molecule has 2 aromatic rings. The van der Waals surface area contributed by atoms with Crippen LogP contribution in [0.2, 0.25) is 0 Å². The van der Waals surface area contributed by atoms with Gasteiger partial charge in [-0.15, -0.1) is 0 Å². The summed E-state index contributed by atoms with van der Waals surface area (Å²) in [7, 11) is 0. The van der Waals surface area contributed by atoms with Crippen LogP contribution in [0.1, 0.15) is 41.3 Å². The average Bonchev–Trinajstić information content (AvgIpc) is 2.41. The average molecular weight is 303 g/mol. The third-order valence-corrected chi connectivity index (χ3v) is 4.12. The van der Waals surface area contributed by atoms with Crippen LogP contribution in [0.15, 0.2) is 54.6 Å². The first kappa shape index (κ1) is 13.4. The molecule has 0 saturated carbocycles. The number of alkyl halides is 1. The molecule has 1 unspecified atom stereocenters. The highest BCUT2D eigenvalue weighted by Gasteiger charge is 2.05. The summed E-state index contributed by atoms with van der Waals surface area (Å²) in [5.41, 5.74) is 4.13. The topological polar surface area (TPSA) is 0 Å². The van der Waals surface area contributed by atoms with Crippen molar-refractivity contribution in [1.82, 2.24) is 0 Å². The minimum absolute atomic E-state index is 0.494. The first-order valence-electron chi connectivity index (χ1n) is 6.56. The van der Waals surface area contributed by atoms with Crippen LogP contribution in [-0.2, 0) is 6.42 Å². The normalized spacial score (nSPS) is 12.3. The fourth-order valence-electron chi connectivity index (χ4n) is 2.10. The van der Waals surface area contributed by atoms with E-state index in [2.05, 4.69) is 77.5 Å². The van der Waals surface area contributed by atoms with E-state index in [9.17, 15) is 0 Å². The van der Waals surface area contributed by atoms with Crippen molar-refractivity contribution in [1.29, 1.82) is 0 Å². The number of rotatable bonds is 5. The minimum Gasteiger partial charge on any atom is -0.0839 e. The van der Waals surface area contributed by atoms with E-state index in [1.807, 2.05) is 0 Å². The van der Waals surface area contributed by atoms with Gasteiger partial charge in [0.25, 0.3) is 0 Å². The largest absolute Gasteiger partial charge is 0.0839 e. The van der Waals surface area contributed by atoms with Gasteiger partial charge in [-0.25, -0.2) is 0 Å². The molecule has 0 spiro atoms. The van der Waals surface area contributed by atoms with Crippen LogP contribution in [-0.4, -0.2) is 0 Å². The summed E-state index contributed by atoms with van der Waals surface area (Å²) in [6.07, 6.45) is 3.42. The van der Waals surface area contributed by atoms with E-state index in [0.717, 1.165) is 6.42 Å². The van der Waals surface area contributed by atoms with Crippen LogP contribution in [0.4, 0.5) is 0 Å². The predicted octanol–water partition coefficient (Wildman–Crippen LogP) is 5.51. The Morgan fingerprint density at radius 1 is 0.889 bits per heavy atom. The zero-order valence-corrected chi connectivity index (χ0v) is 12.4. The van der Waals surface area contributed by atoms with Crippen molar-refractivity contribution in [3.63, 3.8) is 0 Å². The molecular formula is C17H19Br. The Morgan fingerprint density at radius 3 is 2.11 bits per heavy atom. The molecule has 0 aliphatic heterocycles. The van der Waals surface area contributed by atoms with Gasteiger partial charge in [0.2, 0.25) is 0 Å². The van der Waals surface area contributed by atoms with Crippen LogP contribution in [0.3, 0.4) is 0 Å². The smallest absolute Gasteiger partial charge is 0.0395 e. The molecule has 0 N–H and O–H groups in total. The second kappa shape index (κ2) is 6.75. The van der Waals surface area contributed by atoms with Crippen molar-refractivity contribution in [2.24, 2.45) is 0 Å².